The van der Waals surface area contributed by atoms with Crippen LogP contribution in [0.3, 0.4) is 0 Å². The molecule has 0 bridgehead atoms. The number of rotatable bonds is 2. The third kappa shape index (κ3) is 2.07. The van der Waals surface area contributed by atoms with E-state index in [2.05, 4.69) is 39.0 Å². The molecule has 0 heteroatoms. The summed E-state index contributed by atoms with van der Waals surface area (Å²) in [5, 5.41) is 0. The van der Waals surface area contributed by atoms with Crippen molar-refractivity contribution in [1.29, 1.82) is 0 Å². The molecule has 0 heterocycles. The lowest BCUT2D eigenvalue weighted by molar-refractivity contribution is 0.920. The minimum absolute atomic E-state index is 1.16. The maximum atomic E-state index is 3.96. The molecule has 0 saturated carbocycles. The molecule has 0 aliphatic carbocycles. The van der Waals surface area contributed by atoms with Crippen LogP contribution in [0.4, 0.5) is 0 Å². The molecule has 0 spiro atoms. The second kappa shape index (κ2) is 3.56. The summed E-state index contributed by atoms with van der Waals surface area (Å²) < 4.78 is 0. The molecule has 0 atom stereocenters. The molecule has 0 fully saturated rings. The van der Waals surface area contributed by atoms with Crippen LogP contribution in [-0.2, 0) is 6.42 Å². The smallest absolute Gasteiger partial charge is 0.0235 e. The van der Waals surface area contributed by atoms with E-state index >= 15 is 0 Å². The number of hydrogen-bond donors (Lipinski definition) is 0. The highest BCUT2D eigenvalue weighted by Gasteiger charge is 1.94. The monoisotopic (exact) mass is 147 g/mol. The zero-order chi connectivity index (χ0) is 8.27. The summed E-state index contributed by atoms with van der Waals surface area (Å²) in [6, 6.07) is 6.51. The summed E-state index contributed by atoms with van der Waals surface area (Å²) in [4.78, 5) is 0. The average Bonchev–Trinajstić information content (AvgIpc) is 1.98. The molecule has 0 aliphatic heterocycles. The fourth-order valence-corrected chi connectivity index (χ4v) is 1.17. The molecular weight excluding hydrogens is 132 g/mol. The molecule has 0 N–H and O–H groups in total. The third-order valence-electron chi connectivity index (χ3n) is 1.95. The molecule has 1 aromatic carbocycles. The van der Waals surface area contributed by atoms with Gasteiger partial charge in [-0.2, -0.15) is 0 Å². The van der Waals surface area contributed by atoms with Gasteiger partial charge in [0.25, 0.3) is 0 Å². The van der Waals surface area contributed by atoms with E-state index in [1.807, 2.05) is 0 Å². The van der Waals surface area contributed by atoms with Crippen molar-refractivity contribution in [3.05, 3.63) is 41.8 Å². The third-order valence-corrected chi connectivity index (χ3v) is 1.95. The predicted octanol–water partition coefficient (Wildman–Crippen LogP) is 3.13. The van der Waals surface area contributed by atoms with Crippen molar-refractivity contribution in [2.24, 2.45) is 0 Å². The van der Waals surface area contributed by atoms with Crippen molar-refractivity contribution < 1.29 is 0 Å². The van der Waals surface area contributed by atoms with Crippen LogP contribution >= 0.6 is 0 Å². The van der Waals surface area contributed by atoms with Crippen LogP contribution in [0.5, 0.6) is 0 Å². The summed E-state index contributed by atoms with van der Waals surface area (Å²) in [6.07, 6.45) is 2.38. The van der Waals surface area contributed by atoms with E-state index in [4.69, 9.17) is 0 Å². The Bertz CT molecular complexity index is 236. The average molecular weight is 147 g/mol. The molecule has 0 aliphatic rings. The van der Waals surface area contributed by atoms with Gasteiger partial charge in [0.15, 0.2) is 0 Å². The largest absolute Gasteiger partial charge is 0.0651 e. The van der Waals surface area contributed by atoms with Gasteiger partial charge in [-0.1, -0.05) is 31.5 Å². The molecule has 0 saturated heterocycles. The van der Waals surface area contributed by atoms with Crippen molar-refractivity contribution in [3.63, 3.8) is 0 Å². The molecular formula is C11H15. The Labute approximate surface area is 69.3 Å². The normalized spacial score (nSPS) is 10.1. The zero-order valence-electron chi connectivity index (χ0n) is 7.35. The summed E-state index contributed by atoms with van der Waals surface area (Å²) in [5.74, 6) is 0. The minimum Gasteiger partial charge on any atom is -0.0651 e. The van der Waals surface area contributed by atoms with Crippen LogP contribution in [-0.4, -0.2) is 0 Å². The van der Waals surface area contributed by atoms with E-state index in [9.17, 15) is 0 Å². The SMILES string of the molecule is [CH2]c1cc(CCC)ccc1C. The highest BCUT2D eigenvalue weighted by molar-refractivity contribution is 5.32. The van der Waals surface area contributed by atoms with E-state index < -0.39 is 0 Å². The zero-order valence-corrected chi connectivity index (χ0v) is 7.35. The van der Waals surface area contributed by atoms with E-state index in [1.54, 1.807) is 0 Å². The summed E-state index contributed by atoms with van der Waals surface area (Å²) in [5.41, 5.74) is 3.85. The molecule has 11 heavy (non-hydrogen) atoms. The van der Waals surface area contributed by atoms with Crippen LogP contribution in [0, 0.1) is 13.8 Å². The number of hydrogen-bond acceptors (Lipinski definition) is 0. The predicted molar refractivity (Wildman–Crippen MR) is 49.6 cm³/mol. The second-order valence-electron chi connectivity index (χ2n) is 3.01. The Morgan fingerprint density at radius 1 is 1.36 bits per heavy atom. The Morgan fingerprint density at radius 3 is 2.64 bits per heavy atom. The number of aryl methyl sites for hydroxylation is 2. The quantitative estimate of drug-likeness (QED) is 0.603. The van der Waals surface area contributed by atoms with Gasteiger partial charge < -0.3 is 0 Å². The second-order valence-corrected chi connectivity index (χ2v) is 3.01. The van der Waals surface area contributed by atoms with Gasteiger partial charge in [0.2, 0.25) is 0 Å². The topological polar surface area (TPSA) is 0 Å². The lowest BCUT2D eigenvalue weighted by atomic mass is 10.0. The molecule has 0 unspecified atom stereocenters. The Kier molecular flexibility index (Phi) is 2.70. The van der Waals surface area contributed by atoms with Gasteiger partial charge in [0.05, 0.1) is 0 Å². The van der Waals surface area contributed by atoms with Crippen LogP contribution in [0.2, 0.25) is 0 Å². The van der Waals surface area contributed by atoms with E-state index in [0.29, 0.717) is 0 Å². The minimum atomic E-state index is 1.16. The van der Waals surface area contributed by atoms with E-state index in [-0.39, 0.29) is 0 Å². The van der Waals surface area contributed by atoms with Gasteiger partial charge in [0, 0.05) is 0 Å². The van der Waals surface area contributed by atoms with E-state index in [1.165, 1.54) is 24.0 Å². The van der Waals surface area contributed by atoms with Crippen LogP contribution < -0.4 is 0 Å². The van der Waals surface area contributed by atoms with Crippen molar-refractivity contribution in [2.75, 3.05) is 0 Å². The highest BCUT2D eigenvalue weighted by Crippen LogP contribution is 2.10. The molecule has 1 rings (SSSR count). The molecule has 0 nitrogen and oxygen atoms in total. The Balaban J connectivity index is 2.86. The molecule has 1 aromatic rings. The Hall–Kier alpha value is -0.780. The first-order chi connectivity index (χ1) is 5.24. The molecule has 0 amide bonds. The maximum absolute atomic E-state index is 3.96. The van der Waals surface area contributed by atoms with Gasteiger partial charge in [0.1, 0.15) is 0 Å². The standard InChI is InChI=1S/C11H15/c1-4-5-11-7-6-9(2)10(3)8-11/h6-8H,3-5H2,1-2H3. The molecule has 59 valence electrons. The summed E-state index contributed by atoms with van der Waals surface area (Å²) in [6.45, 7) is 8.26. The number of benzene rings is 1. The molecule has 1 radical (unpaired) electrons. The van der Waals surface area contributed by atoms with Crippen LogP contribution in [0.1, 0.15) is 30.0 Å². The maximum Gasteiger partial charge on any atom is -0.0235 e. The highest BCUT2D eigenvalue weighted by atomic mass is 14.0. The Morgan fingerprint density at radius 2 is 2.09 bits per heavy atom. The van der Waals surface area contributed by atoms with Crippen molar-refractivity contribution in [3.8, 4) is 0 Å². The van der Waals surface area contributed by atoms with Crippen molar-refractivity contribution in [1.82, 2.24) is 0 Å². The summed E-state index contributed by atoms with van der Waals surface area (Å²) in [7, 11) is 0. The van der Waals surface area contributed by atoms with Gasteiger partial charge in [-0.25, -0.2) is 0 Å². The fraction of sp³-hybridized carbons (Fsp3) is 0.364. The van der Waals surface area contributed by atoms with Gasteiger partial charge in [-0.3, -0.25) is 0 Å². The lowest BCUT2D eigenvalue weighted by Gasteiger charge is -2.02. The first-order valence-electron chi connectivity index (χ1n) is 4.15. The van der Waals surface area contributed by atoms with Crippen molar-refractivity contribution in [2.45, 2.75) is 26.7 Å². The van der Waals surface area contributed by atoms with Crippen LogP contribution in [0.25, 0.3) is 0 Å². The first kappa shape index (κ1) is 8.32. The lowest BCUT2D eigenvalue weighted by Crippen LogP contribution is -1.86. The van der Waals surface area contributed by atoms with Gasteiger partial charge in [-0.15, -0.1) is 0 Å². The van der Waals surface area contributed by atoms with E-state index in [0.717, 1.165) is 5.56 Å². The van der Waals surface area contributed by atoms with Crippen molar-refractivity contribution >= 4 is 0 Å². The molecule has 0 aromatic heterocycles. The fourth-order valence-electron chi connectivity index (χ4n) is 1.17. The first-order valence-corrected chi connectivity index (χ1v) is 4.15. The van der Waals surface area contributed by atoms with Crippen LogP contribution in [0.15, 0.2) is 18.2 Å². The van der Waals surface area contributed by atoms with Gasteiger partial charge in [-0.05, 0) is 37.0 Å². The summed E-state index contributed by atoms with van der Waals surface area (Å²) >= 11 is 0. The van der Waals surface area contributed by atoms with Gasteiger partial charge >= 0.3 is 0 Å².